The van der Waals surface area contributed by atoms with Gasteiger partial charge in [0.15, 0.2) is 0 Å². The summed E-state index contributed by atoms with van der Waals surface area (Å²) in [6.45, 7) is 3.99. The number of aromatic nitrogens is 1. The lowest BCUT2D eigenvalue weighted by Gasteiger charge is -2.07. The minimum Gasteiger partial charge on any atom is -0.322 e. The van der Waals surface area contributed by atoms with Gasteiger partial charge in [-0.2, -0.15) is 0 Å². The first-order valence-corrected chi connectivity index (χ1v) is 7.82. The SMILES string of the molecule is C=CCn1c(=O)sc2cc(NC(=O)c3c(F)cccc3F)ccc21. The molecule has 7 heteroatoms. The molecule has 4 nitrogen and oxygen atoms in total. The van der Waals surface area contributed by atoms with Crippen LogP contribution in [0.4, 0.5) is 14.5 Å². The molecule has 0 radical (unpaired) electrons. The van der Waals surface area contributed by atoms with E-state index in [1.807, 2.05) is 0 Å². The van der Waals surface area contributed by atoms with Crippen LogP contribution in [-0.4, -0.2) is 10.5 Å². The Morgan fingerprint density at radius 1 is 1.25 bits per heavy atom. The zero-order valence-electron chi connectivity index (χ0n) is 12.4. The van der Waals surface area contributed by atoms with Gasteiger partial charge in [0.2, 0.25) is 0 Å². The van der Waals surface area contributed by atoms with Gasteiger partial charge in [0.05, 0.1) is 10.2 Å². The summed E-state index contributed by atoms with van der Waals surface area (Å²) in [4.78, 5) is 23.9. The molecular weight excluding hydrogens is 334 g/mol. The molecule has 0 bridgehead atoms. The number of hydrogen-bond donors (Lipinski definition) is 1. The van der Waals surface area contributed by atoms with Crippen molar-refractivity contribution >= 4 is 33.1 Å². The fourth-order valence-corrected chi connectivity index (χ4v) is 3.29. The number of benzene rings is 2. The first kappa shape index (κ1) is 16.1. The number of nitrogens with one attached hydrogen (secondary N) is 1. The van der Waals surface area contributed by atoms with Gasteiger partial charge in [0.1, 0.15) is 17.2 Å². The number of carbonyl (C=O) groups is 1. The van der Waals surface area contributed by atoms with Crippen molar-refractivity contribution in [1.82, 2.24) is 4.57 Å². The molecule has 1 aromatic heterocycles. The predicted octanol–water partition coefficient (Wildman–Crippen LogP) is 3.78. The quantitative estimate of drug-likeness (QED) is 0.731. The lowest BCUT2D eigenvalue weighted by atomic mass is 10.1. The number of amides is 1. The van der Waals surface area contributed by atoms with E-state index in [1.54, 1.807) is 28.8 Å². The van der Waals surface area contributed by atoms with Crippen molar-refractivity contribution in [3.63, 3.8) is 0 Å². The Morgan fingerprint density at radius 2 is 1.96 bits per heavy atom. The molecule has 3 aromatic rings. The van der Waals surface area contributed by atoms with Crippen molar-refractivity contribution < 1.29 is 13.6 Å². The van der Waals surface area contributed by atoms with Crippen molar-refractivity contribution in [1.29, 1.82) is 0 Å². The minimum atomic E-state index is -0.935. The summed E-state index contributed by atoms with van der Waals surface area (Å²) in [5.41, 5.74) is 0.414. The molecule has 0 atom stereocenters. The largest absolute Gasteiger partial charge is 0.322 e. The summed E-state index contributed by atoms with van der Waals surface area (Å²) in [5, 5.41) is 2.45. The van der Waals surface area contributed by atoms with Crippen LogP contribution >= 0.6 is 11.3 Å². The Labute approximate surface area is 139 Å². The van der Waals surface area contributed by atoms with Gasteiger partial charge < -0.3 is 5.32 Å². The van der Waals surface area contributed by atoms with Crippen LogP contribution in [0.25, 0.3) is 10.2 Å². The number of hydrogen-bond acceptors (Lipinski definition) is 3. The van der Waals surface area contributed by atoms with E-state index >= 15 is 0 Å². The van der Waals surface area contributed by atoms with Crippen LogP contribution in [0, 0.1) is 11.6 Å². The molecular formula is C17H12F2N2O2S. The van der Waals surface area contributed by atoms with Crippen LogP contribution in [0.2, 0.25) is 0 Å². The highest BCUT2D eigenvalue weighted by Crippen LogP contribution is 2.23. The number of anilines is 1. The molecule has 3 rings (SSSR count). The standard InChI is InChI=1S/C17H12F2N2O2S/c1-2-8-21-13-7-6-10(9-14(13)24-17(21)23)20-16(22)15-11(18)4-3-5-12(15)19/h2-7,9H,1,8H2,(H,20,22). The van der Waals surface area contributed by atoms with E-state index in [2.05, 4.69) is 11.9 Å². The number of thiazole rings is 1. The summed E-state index contributed by atoms with van der Waals surface area (Å²) in [7, 11) is 0. The predicted molar refractivity (Wildman–Crippen MR) is 90.6 cm³/mol. The Balaban J connectivity index is 1.95. The highest BCUT2D eigenvalue weighted by Gasteiger charge is 2.17. The zero-order valence-corrected chi connectivity index (χ0v) is 13.2. The minimum absolute atomic E-state index is 0.145. The Kier molecular flexibility index (Phi) is 4.26. The molecule has 1 N–H and O–H groups in total. The van der Waals surface area contributed by atoms with Crippen LogP contribution in [0.3, 0.4) is 0 Å². The van der Waals surface area contributed by atoms with Gasteiger partial charge in [0.25, 0.3) is 5.91 Å². The number of carbonyl (C=O) groups excluding carboxylic acids is 1. The van der Waals surface area contributed by atoms with E-state index in [-0.39, 0.29) is 4.87 Å². The number of fused-ring (bicyclic) bond motifs is 1. The molecule has 0 aliphatic carbocycles. The second-order valence-corrected chi connectivity index (χ2v) is 5.99. The lowest BCUT2D eigenvalue weighted by Crippen LogP contribution is -2.15. The van der Waals surface area contributed by atoms with Gasteiger partial charge in [-0.05, 0) is 30.3 Å². The highest BCUT2D eigenvalue weighted by molar-refractivity contribution is 7.16. The lowest BCUT2D eigenvalue weighted by molar-refractivity contribution is 0.101. The summed E-state index contributed by atoms with van der Waals surface area (Å²) in [6.07, 6.45) is 1.62. The summed E-state index contributed by atoms with van der Waals surface area (Å²) in [6, 6.07) is 8.06. The van der Waals surface area contributed by atoms with Gasteiger partial charge in [-0.1, -0.05) is 23.5 Å². The first-order chi connectivity index (χ1) is 11.5. The van der Waals surface area contributed by atoms with Gasteiger partial charge in [-0.3, -0.25) is 14.2 Å². The third kappa shape index (κ3) is 2.85. The Morgan fingerprint density at radius 3 is 2.62 bits per heavy atom. The van der Waals surface area contributed by atoms with Gasteiger partial charge in [-0.15, -0.1) is 6.58 Å². The Bertz CT molecular complexity index is 987. The number of rotatable bonds is 4. The molecule has 0 fully saturated rings. The van der Waals surface area contributed by atoms with Gasteiger partial charge in [0, 0.05) is 12.2 Å². The fraction of sp³-hybridized carbons (Fsp3) is 0.0588. The summed E-state index contributed by atoms with van der Waals surface area (Å²) >= 11 is 1.02. The van der Waals surface area contributed by atoms with Crippen LogP contribution < -0.4 is 10.2 Å². The third-order valence-electron chi connectivity index (χ3n) is 3.43. The molecule has 2 aromatic carbocycles. The van der Waals surface area contributed by atoms with Crippen LogP contribution in [0.1, 0.15) is 10.4 Å². The molecule has 122 valence electrons. The van der Waals surface area contributed by atoms with E-state index in [9.17, 15) is 18.4 Å². The molecule has 0 saturated heterocycles. The van der Waals surface area contributed by atoms with Crippen LogP contribution in [0.5, 0.6) is 0 Å². The number of nitrogens with zero attached hydrogens (tertiary/aromatic N) is 1. The molecule has 1 amide bonds. The maximum absolute atomic E-state index is 13.6. The maximum Gasteiger partial charge on any atom is 0.308 e. The smallest absolute Gasteiger partial charge is 0.308 e. The first-order valence-electron chi connectivity index (χ1n) is 7.01. The average molecular weight is 346 g/mol. The molecule has 0 unspecified atom stereocenters. The van der Waals surface area contributed by atoms with Crippen molar-refractivity contribution in [2.75, 3.05) is 5.32 Å². The average Bonchev–Trinajstić information content (AvgIpc) is 2.83. The second kappa shape index (κ2) is 6.37. The topological polar surface area (TPSA) is 51.1 Å². The number of allylic oxidation sites excluding steroid dienone is 1. The van der Waals surface area contributed by atoms with Gasteiger partial charge in [-0.25, -0.2) is 8.78 Å². The van der Waals surface area contributed by atoms with Crippen molar-refractivity contribution in [2.45, 2.75) is 6.54 Å². The molecule has 0 aliphatic heterocycles. The summed E-state index contributed by atoms with van der Waals surface area (Å²) in [5.74, 6) is -2.76. The van der Waals surface area contributed by atoms with Gasteiger partial charge >= 0.3 is 4.87 Å². The molecule has 0 saturated carbocycles. The molecule has 1 heterocycles. The Hall–Kier alpha value is -2.80. The maximum atomic E-state index is 13.6. The van der Waals surface area contributed by atoms with Crippen molar-refractivity contribution in [3.05, 3.63) is 75.9 Å². The molecule has 0 aliphatic rings. The van der Waals surface area contributed by atoms with E-state index in [0.29, 0.717) is 22.4 Å². The van der Waals surface area contributed by atoms with E-state index < -0.39 is 23.1 Å². The monoisotopic (exact) mass is 346 g/mol. The molecule has 0 spiro atoms. The van der Waals surface area contributed by atoms with Crippen LogP contribution in [-0.2, 0) is 6.54 Å². The highest BCUT2D eigenvalue weighted by atomic mass is 32.1. The zero-order chi connectivity index (χ0) is 17.3. The third-order valence-corrected chi connectivity index (χ3v) is 4.37. The van der Waals surface area contributed by atoms with E-state index in [4.69, 9.17) is 0 Å². The summed E-state index contributed by atoms with van der Waals surface area (Å²) < 4.78 is 29.5. The second-order valence-electron chi connectivity index (χ2n) is 5.00. The van der Waals surface area contributed by atoms with Crippen LogP contribution in [0.15, 0.2) is 53.8 Å². The van der Waals surface area contributed by atoms with E-state index in [1.165, 1.54) is 6.07 Å². The normalized spacial score (nSPS) is 10.8. The van der Waals surface area contributed by atoms with Crippen molar-refractivity contribution in [3.8, 4) is 0 Å². The number of halogens is 2. The van der Waals surface area contributed by atoms with E-state index in [0.717, 1.165) is 23.5 Å². The fourth-order valence-electron chi connectivity index (χ4n) is 2.35. The molecule has 24 heavy (non-hydrogen) atoms. The van der Waals surface area contributed by atoms with Crippen molar-refractivity contribution in [2.24, 2.45) is 0 Å².